The van der Waals surface area contributed by atoms with Crippen LogP contribution in [0.15, 0.2) is 36.5 Å². The highest BCUT2D eigenvalue weighted by atomic mass is 19.4. The first-order valence-corrected chi connectivity index (χ1v) is 9.59. The summed E-state index contributed by atoms with van der Waals surface area (Å²) in [5, 5.41) is 14.1. The molecule has 1 aromatic heterocycles. The van der Waals surface area contributed by atoms with Crippen molar-refractivity contribution < 1.29 is 27.6 Å². The Balaban J connectivity index is 1.37. The molecule has 0 bridgehead atoms. The van der Waals surface area contributed by atoms with Gasteiger partial charge in [0.2, 0.25) is 0 Å². The van der Waals surface area contributed by atoms with Crippen molar-refractivity contribution >= 4 is 23.8 Å². The summed E-state index contributed by atoms with van der Waals surface area (Å²) in [4.78, 5) is 35.9. The summed E-state index contributed by atoms with van der Waals surface area (Å²) in [7, 11) is 0. The van der Waals surface area contributed by atoms with Gasteiger partial charge in [-0.15, -0.1) is 5.10 Å². The first-order chi connectivity index (χ1) is 14.7. The van der Waals surface area contributed by atoms with E-state index in [0.29, 0.717) is 12.8 Å². The van der Waals surface area contributed by atoms with E-state index in [9.17, 15) is 27.6 Å². The first kappa shape index (κ1) is 20.7. The Morgan fingerprint density at radius 3 is 2.81 bits per heavy atom. The minimum Gasteiger partial charge on any atom is -0.337 e. The summed E-state index contributed by atoms with van der Waals surface area (Å²) in [5.41, 5.74) is -1.62. The molecule has 164 valence electrons. The molecule has 2 aliphatic rings. The van der Waals surface area contributed by atoms with Gasteiger partial charge in [0.1, 0.15) is 5.54 Å². The number of nitrogens with one attached hydrogen (secondary N) is 4. The fourth-order valence-electron chi connectivity index (χ4n) is 4.06. The van der Waals surface area contributed by atoms with Gasteiger partial charge in [0.25, 0.3) is 5.91 Å². The van der Waals surface area contributed by atoms with E-state index in [1.54, 1.807) is 0 Å². The molecule has 2 unspecified atom stereocenters. The molecule has 2 fully saturated rings. The number of hydrogen-bond acceptors (Lipinski definition) is 4. The summed E-state index contributed by atoms with van der Waals surface area (Å²) < 4.78 is 39.9. The van der Waals surface area contributed by atoms with Crippen LogP contribution in [-0.2, 0) is 11.0 Å². The Hall–Kier alpha value is -3.57. The number of urea groups is 2. The number of alkyl halides is 3. The topological polar surface area (TPSA) is 117 Å². The molecule has 1 aliphatic heterocycles. The summed E-state index contributed by atoms with van der Waals surface area (Å²) >= 11 is 0. The second-order valence-corrected chi connectivity index (χ2v) is 7.50. The summed E-state index contributed by atoms with van der Waals surface area (Å²) in [5.74, 6) is -0.502. The van der Waals surface area contributed by atoms with Crippen LogP contribution in [0, 0.1) is 5.92 Å². The number of carbonyl (C=O) groups excluding carboxylic acids is 3. The largest absolute Gasteiger partial charge is 0.416 e. The second kappa shape index (κ2) is 7.60. The van der Waals surface area contributed by atoms with Crippen molar-refractivity contribution in [2.24, 2.45) is 5.92 Å². The normalized spacial score (nSPS) is 23.0. The van der Waals surface area contributed by atoms with E-state index in [-0.39, 0.29) is 29.9 Å². The van der Waals surface area contributed by atoms with Gasteiger partial charge in [-0.1, -0.05) is 12.5 Å². The third kappa shape index (κ3) is 4.05. The summed E-state index contributed by atoms with van der Waals surface area (Å²) in [6.07, 6.45) is -1.14. The number of nitrogens with zero attached hydrogens (tertiary/aromatic N) is 2. The molecule has 2 atom stereocenters. The fourth-order valence-corrected chi connectivity index (χ4v) is 4.06. The van der Waals surface area contributed by atoms with Gasteiger partial charge >= 0.3 is 18.2 Å². The maximum absolute atomic E-state index is 12.9. The van der Waals surface area contributed by atoms with Crippen LogP contribution in [0.25, 0.3) is 5.69 Å². The van der Waals surface area contributed by atoms with Crippen LogP contribution in [0.3, 0.4) is 0 Å². The monoisotopic (exact) mass is 436 g/mol. The Morgan fingerprint density at radius 1 is 1.29 bits per heavy atom. The van der Waals surface area contributed by atoms with Crippen molar-refractivity contribution in [2.75, 3.05) is 11.9 Å². The molecule has 2 heterocycles. The van der Waals surface area contributed by atoms with Gasteiger partial charge < -0.3 is 10.6 Å². The molecule has 9 nitrogen and oxygen atoms in total. The van der Waals surface area contributed by atoms with Gasteiger partial charge in [0, 0.05) is 24.7 Å². The van der Waals surface area contributed by atoms with E-state index in [1.807, 2.05) is 0 Å². The van der Waals surface area contributed by atoms with Crippen molar-refractivity contribution in [1.29, 1.82) is 0 Å². The number of imide groups is 1. The predicted octanol–water partition coefficient (Wildman–Crippen LogP) is 2.39. The van der Waals surface area contributed by atoms with Crippen molar-refractivity contribution in [3.63, 3.8) is 0 Å². The van der Waals surface area contributed by atoms with Crippen LogP contribution in [0.2, 0.25) is 0 Å². The lowest BCUT2D eigenvalue weighted by atomic mass is 9.87. The fraction of sp³-hybridized carbons (Fsp3) is 0.368. The number of hydrogen-bond donors (Lipinski definition) is 4. The highest BCUT2D eigenvalue weighted by molar-refractivity contribution is 6.07. The molecule has 1 saturated heterocycles. The van der Waals surface area contributed by atoms with Gasteiger partial charge in [0.15, 0.2) is 5.82 Å². The number of rotatable bonds is 4. The van der Waals surface area contributed by atoms with E-state index >= 15 is 0 Å². The minimum atomic E-state index is -4.47. The number of benzene rings is 1. The van der Waals surface area contributed by atoms with Crippen molar-refractivity contribution in [3.8, 4) is 5.69 Å². The van der Waals surface area contributed by atoms with Crippen LogP contribution in [0.1, 0.15) is 24.8 Å². The standard InChI is InChI=1S/C19H19F3N6O3/c20-19(21,22)11-3-1-5-13(9-11)28-8-6-14(27-28)24-16(30)23-10-12-4-2-7-18(12)15(29)25-17(31)26-18/h1,3,5-6,8-9,12H,2,4,7,10H2,(H2,23,24,27,30)(H2,25,26,29,31). The number of amides is 5. The molecule has 0 radical (unpaired) electrons. The lowest BCUT2D eigenvalue weighted by molar-refractivity contribution is -0.137. The lowest BCUT2D eigenvalue weighted by Crippen LogP contribution is -2.53. The van der Waals surface area contributed by atoms with Gasteiger partial charge in [-0.05, 0) is 31.0 Å². The second-order valence-electron chi connectivity index (χ2n) is 7.50. The zero-order valence-electron chi connectivity index (χ0n) is 16.1. The molecule has 1 aliphatic carbocycles. The molecular formula is C19H19F3N6O3. The Bertz CT molecular complexity index is 1040. The summed E-state index contributed by atoms with van der Waals surface area (Å²) in [6, 6.07) is 4.98. The number of anilines is 1. The minimum absolute atomic E-state index is 0.142. The highest BCUT2D eigenvalue weighted by Crippen LogP contribution is 2.37. The molecule has 12 heteroatoms. The van der Waals surface area contributed by atoms with E-state index in [4.69, 9.17) is 0 Å². The molecule has 5 amide bonds. The van der Waals surface area contributed by atoms with Crippen LogP contribution < -0.4 is 21.3 Å². The van der Waals surface area contributed by atoms with E-state index < -0.39 is 29.3 Å². The number of aromatic nitrogens is 2. The summed E-state index contributed by atoms with van der Waals surface area (Å²) in [6.45, 7) is 0.161. The van der Waals surface area contributed by atoms with E-state index in [1.165, 1.54) is 29.1 Å². The van der Waals surface area contributed by atoms with Crippen molar-refractivity contribution in [1.82, 2.24) is 25.7 Å². The molecule has 2 aromatic rings. The van der Waals surface area contributed by atoms with E-state index in [2.05, 4.69) is 26.4 Å². The Labute approximate surface area is 174 Å². The zero-order chi connectivity index (χ0) is 22.2. The van der Waals surface area contributed by atoms with Crippen LogP contribution >= 0.6 is 0 Å². The number of halogens is 3. The van der Waals surface area contributed by atoms with Crippen LogP contribution in [0.4, 0.5) is 28.6 Å². The average molecular weight is 436 g/mol. The lowest BCUT2D eigenvalue weighted by Gasteiger charge is -2.28. The molecule has 1 spiro atoms. The molecule has 1 aromatic carbocycles. The number of carbonyl (C=O) groups is 3. The third-order valence-corrected chi connectivity index (χ3v) is 5.57. The first-order valence-electron chi connectivity index (χ1n) is 9.59. The third-order valence-electron chi connectivity index (χ3n) is 5.57. The zero-order valence-corrected chi connectivity index (χ0v) is 16.1. The van der Waals surface area contributed by atoms with Crippen molar-refractivity contribution in [3.05, 3.63) is 42.1 Å². The quantitative estimate of drug-likeness (QED) is 0.551. The highest BCUT2D eigenvalue weighted by Gasteiger charge is 2.54. The van der Waals surface area contributed by atoms with Gasteiger partial charge in [0.05, 0.1) is 11.3 Å². The Kier molecular flexibility index (Phi) is 5.07. The van der Waals surface area contributed by atoms with Gasteiger partial charge in [-0.2, -0.15) is 13.2 Å². The molecule has 31 heavy (non-hydrogen) atoms. The van der Waals surface area contributed by atoms with Gasteiger partial charge in [-0.3, -0.25) is 15.4 Å². The Morgan fingerprint density at radius 2 is 2.10 bits per heavy atom. The smallest absolute Gasteiger partial charge is 0.337 e. The SMILES string of the molecule is O=C(NCC1CCCC12NC(=O)NC2=O)Nc1ccn(-c2cccc(C(F)(F)F)c2)n1. The molecule has 4 N–H and O–H groups in total. The van der Waals surface area contributed by atoms with E-state index in [0.717, 1.165) is 18.6 Å². The maximum atomic E-state index is 12.9. The maximum Gasteiger partial charge on any atom is 0.416 e. The van der Waals surface area contributed by atoms with Crippen molar-refractivity contribution in [2.45, 2.75) is 31.0 Å². The van der Waals surface area contributed by atoms with Crippen LogP contribution in [-0.4, -0.2) is 39.8 Å². The molecular weight excluding hydrogens is 417 g/mol. The average Bonchev–Trinajstić information content (AvgIpc) is 3.40. The molecule has 1 saturated carbocycles. The van der Waals surface area contributed by atoms with Crippen LogP contribution in [0.5, 0.6) is 0 Å². The molecule has 4 rings (SSSR count). The van der Waals surface area contributed by atoms with Gasteiger partial charge in [-0.25, -0.2) is 14.3 Å². The predicted molar refractivity (Wildman–Crippen MR) is 102 cm³/mol.